The van der Waals surface area contributed by atoms with Crippen molar-refractivity contribution in [3.05, 3.63) is 0 Å². The second kappa shape index (κ2) is 3.87. The number of carbonyl (C=O) groups excluding carboxylic acids is 1. The standard InChI is InChI=1S/C10H18N2O2/c11-9(13)10(12-8-2-3-8)4-1-6-14-7-5-10/h8,12H,1-7H2,(H2,11,13). The Balaban J connectivity index is 2.04. The van der Waals surface area contributed by atoms with Crippen LogP contribution in [0.4, 0.5) is 0 Å². The van der Waals surface area contributed by atoms with Crippen LogP contribution in [0.1, 0.15) is 32.1 Å². The maximum Gasteiger partial charge on any atom is 0.237 e. The van der Waals surface area contributed by atoms with Crippen LogP contribution < -0.4 is 11.1 Å². The van der Waals surface area contributed by atoms with E-state index in [1.54, 1.807) is 0 Å². The average Bonchev–Trinajstić information content (AvgIpc) is 2.93. The molecule has 3 N–H and O–H groups in total. The number of rotatable bonds is 3. The quantitative estimate of drug-likeness (QED) is 0.679. The van der Waals surface area contributed by atoms with Crippen molar-refractivity contribution in [1.82, 2.24) is 5.32 Å². The van der Waals surface area contributed by atoms with E-state index in [9.17, 15) is 4.79 Å². The molecule has 1 amide bonds. The molecule has 2 rings (SSSR count). The first-order valence-electron chi connectivity index (χ1n) is 5.38. The van der Waals surface area contributed by atoms with E-state index in [2.05, 4.69) is 5.32 Å². The zero-order valence-corrected chi connectivity index (χ0v) is 8.42. The van der Waals surface area contributed by atoms with E-state index in [1.807, 2.05) is 0 Å². The molecule has 0 spiro atoms. The van der Waals surface area contributed by atoms with Crippen molar-refractivity contribution in [3.8, 4) is 0 Å². The lowest BCUT2D eigenvalue weighted by atomic mass is 9.89. The lowest BCUT2D eigenvalue weighted by Crippen LogP contribution is -2.56. The number of amides is 1. The number of nitrogens with two attached hydrogens (primary N) is 1. The minimum absolute atomic E-state index is 0.213. The van der Waals surface area contributed by atoms with Crippen LogP contribution in [0.15, 0.2) is 0 Å². The van der Waals surface area contributed by atoms with Crippen molar-refractivity contribution >= 4 is 5.91 Å². The molecule has 80 valence electrons. The minimum atomic E-state index is -0.488. The Bertz CT molecular complexity index is 218. The van der Waals surface area contributed by atoms with Gasteiger partial charge in [-0.25, -0.2) is 0 Å². The van der Waals surface area contributed by atoms with Crippen molar-refractivity contribution in [2.24, 2.45) is 5.73 Å². The van der Waals surface area contributed by atoms with Crippen LogP contribution in [0, 0.1) is 0 Å². The van der Waals surface area contributed by atoms with Gasteiger partial charge in [-0.3, -0.25) is 4.79 Å². The summed E-state index contributed by atoms with van der Waals surface area (Å²) in [6.07, 6.45) is 4.81. The molecule has 0 aromatic heterocycles. The van der Waals surface area contributed by atoms with Crippen molar-refractivity contribution < 1.29 is 9.53 Å². The summed E-state index contributed by atoms with van der Waals surface area (Å²) in [6, 6.07) is 0.514. The Morgan fingerprint density at radius 3 is 2.79 bits per heavy atom. The van der Waals surface area contributed by atoms with Gasteiger partial charge in [0.25, 0.3) is 0 Å². The first kappa shape index (κ1) is 9.93. The van der Waals surface area contributed by atoms with Crippen LogP contribution in [-0.2, 0) is 9.53 Å². The van der Waals surface area contributed by atoms with E-state index in [0.29, 0.717) is 12.6 Å². The van der Waals surface area contributed by atoms with Crippen LogP contribution in [0.5, 0.6) is 0 Å². The molecule has 0 bridgehead atoms. The van der Waals surface area contributed by atoms with Crippen molar-refractivity contribution in [1.29, 1.82) is 0 Å². The molecule has 0 aromatic rings. The molecule has 2 fully saturated rings. The Morgan fingerprint density at radius 1 is 1.36 bits per heavy atom. The molecule has 1 saturated carbocycles. The highest BCUT2D eigenvalue weighted by molar-refractivity contribution is 5.84. The predicted molar refractivity (Wildman–Crippen MR) is 52.8 cm³/mol. The highest BCUT2D eigenvalue weighted by Crippen LogP contribution is 2.28. The van der Waals surface area contributed by atoms with Crippen LogP contribution in [-0.4, -0.2) is 30.7 Å². The Kier molecular flexibility index (Phi) is 2.74. The van der Waals surface area contributed by atoms with Crippen molar-refractivity contribution in [2.45, 2.75) is 43.7 Å². The summed E-state index contributed by atoms with van der Waals surface area (Å²) in [4.78, 5) is 11.5. The molecule has 1 aliphatic heterocycles. The fourth-order valence-electron chi connectivity index (χ4n) is 2.03. The summed E-state index contributed by atoms with van der Waals surface area (Å²) in [7, 11) is 0. The zero-order chi connectivity index (χ0) is 10.0. The lowest BCUT2D eigenvalue weighted by Gasteiger charge is -2.30. The molecule has 4 heteroatoms. The maximum atomic E-state index is 11.5. The summed E-state index contributed by atoms with van der Waals surface area (Å²) in [5.41, 5.74) is 5.00. The Labute approximate surface area is 84.2 Å². The molecule has 0 radical (unpaired) electrons. The van der Waals surface area contributed by atoms with Gasteiger partial charge in [0.2, 0.25) is 5.91 Å². The molecule has 2 aliphatic rings. The van der Waals surface area contributed by atoms with Gasteiger partial charge in [-0.05, 0) is 32.1 Å². The molecule has 4 nitrogen and oxygen atoms in total. The van der Waals surface area contributed by atoms with Crippen molar-refractivity contribution in [3.63, 3.8) is 0 Å². The third-order valence-electron chi connectivity index (χ3n) is 3.09. The molecule has 14 heavy (non-hydrogen) atoms. The van der Waals surface area contributed by atoms with E-state index in [0.717, 1.165) is 25.9 Å². The number of primary amides is 1. The summed E-state index contributed by atoms with van der Waals surface area (Å²) in [5.74, 6) is -0.213. The molecule has 1 saturated heterocycles. The van der Waals surface area contributed by atoms with E-state index in [1.165, 1.54) is 12.8 Å². The third-order valence-corrected chi connectivity index (χ3v) is 3.09. The Morgan fingerprint density at radius 2 is 2.14 bits per heavy atom. The van der Waals surface area contributed by atoms with Crippen LogP contribution >= 0.6 is 0 Å². The van der Waals surface area contributed by atoms with Crippen molar-refractivity contribution in [2.75, 3.05) is 13.2 Å². The van der Waals surface area contributed by atoms with Crippen LogP contribution in [0.3, 0.4) is 0 Å². The molecule has 0 aromatic carbocycles. The van der Waals surface area contributed by atoms with Gasteiger partial charge in [-0.15, -0.1) is 0 Å². The first-order valence-corrected chi connectivity index (χ1v) is 5.38. The molecule has 1 atom stereocenters. The summed E-state index contributed by atoms with van der Waals surface area (Å²) in [6.45, 7) is 1.39. The van der Waals surface area contributed by atoms with Crippen LogP contribution in [0.2, 0.25) is 0 Å². The van der Waals surface area contributed by atoms with Gasteiger partial charge in [-0.1, -0.05) is 0 Å². The molecular weight excluding hydrogens is 180 g/mol. The van der Waals surface area contributed by atoms with Gasteiger partial charge in [0.05, 0.1) is 0 Å². The van der Waals surface area contributed by atoms with Gasteiger partial charge in [0, 0.05) is 19.3 Å². The Hall–Kier alpha value is -0.610. The number of hydrogen-bond acceptors (Lipinski definition) is 3. The fourth-order valence-corrected chi connectivity index (χ4v) is 2.03. The molecule has 1 unspecified atom stereocenters. The normalized spacial score (nSPS) is 33.7. The van der Waals surface area contributed by atoms with Gasteiger partial charge < -0.3 is 15.8 Å². The second-order valence-corrected chi connectivity index (χ2v) is 4.33. The van der Waals surface area contributed by atoms with Gasteiger partial charge in [0.1, 0.15) is 5.54 Å². The third kappa shape index (κ3) is 2.07. The van der Waals surface area contributed by atoms with Crippen LogP contribution in [0.25, 0.3) is 0 Å². The van der Waals surface area contributed by atoms with Gasteiger partial charge in [-0.2, -0.15) is 0 Å². The second-order valence-electron chi connectivity index (χ2n) is 4.33. The van der Waals surface area contributed by atoms with E-state index < -0.39 is 5.54 Å². The highest BCUT2D eigenvalue weighted by atomic mass is 16.5. The van der Waals surface area contributed by atoms with E-state index in [-0.39, 0.29) is 5.91 Å². The van der Waals surface area contributed by atoms with E-state index in [4.69, 9.17) is 10.5 Å². The smallest absolute Gasteiger partial charge is 0.237 e. The first-order chi connectivity index (χ1) is 6.73. The number of hydrogen-bond donors (Lipinski definition) is 2. The molecule has 1 heterocycles. The maximum absolute atomic E-state index is 11.5. The fraction of sp³-hybridized carbons (Fsp3) is 0.900. The summed E-state index contributed by atoms with van der Waals surface area (Å²) < 4.78 is 5.35. The SMILES string of the molecule is NC(=O)C1(NC2CC2)CCCOCC1. The number of ether oxygens (including phenoxy) is 1. The zero-order valence-electron chi connectivity index (χ0n) is 8.42. The lowest BCUT2D eigenvalue weighted by molar-refractivity contribution is -0.125. The summed E-state index contributed by atoms with van der Waals surface area (Å²) >= 11 is 0. The van der Waals surface area contributed by atoms with Gasteiger partial charge >= 0.3 is 0 Å². The number of carbonyl (C=O) groups is 1. The van der Waals surface area contributed by atoms with E-state index >= 15 is 0 Å². The minimum Gasteiger partial charge on any atom is -0.381 e. The average molecular weight is 198 g/mol. The predicted octanol–water partition coefficient (Wildman–Crippen LogP) is 0.163. The summed E-state index contributed by atoms with van der Waals surface area (Å²) in [5, 5.41) is 3.39. The largest absolute Gasteiger partial charge is 0.381 e. The van der Waals surface area contributed by atoms with Gasteiger partial charge in [0.15, 0.2) is 0 Å². The topological polar surface area (TPSA) is 64.4 Å². The molecular formula is C10H18N2O2. The molecule has 1 aliphatic carbocycles. The monoisotopic (exact) mass is 198 g/mol. The highest BCUT2D eigenvalue weighted by Gasteiger charge is 2.41. The number of nitrogens with one attached hydrogen (secondary N) is 1.